The Bertz CT molecular complexity index is 909. The van der Waals surface area contributed by atoms with Crippen LogP contribution in [0.2, 0.25) is 0 Å². The lowest BCUT2D eigenvalue weighted by atomic mass is 9.96. The van der Waals surface area contributed by atoms with Crippen molar-refractivity contribution in [3.63, 3.8) is 0 Å². The van der Waals surface area contributed by atoms with E-state index in [9.17, 15) is 12.8 Å². The van der Waals surface area contributed by atoms with Crippen LogP contribution in [-0.2, 0) is 10.0 Å². The highest BCUT2D eigenvalue weighted by molar-refractivity contribution is 7.92. The predicted molar refractivity (Wildman–Crippen MR) is 127 cm³/mol. The second-order valence-corrected chi connectivity index (χ2v) is 10.5. The Morgan fingerprint density at radius 3 is 2.47 bits per heavy atom. The molecule has 1 heterocycles. The molecule has 1 unspecified atom stereocenters. The lowest BCUT2D eigenvalue weighted by Crippen LogP contribution is -2.26. The largest absolute Gasteiger partial charge is 0.494 e. The van der Waals surface area contributed by atoms with Crippen molar-refractivity contribution in [1.82, 2.24) is 5.32 Å². The van der Waals surface area contributed by atoms with Crippen LogP contribution in [-0.4, -0.2) is 35.2 Å². The van der Waals surface area contributed by atoms with Crippen LogP contribution in [0.4, 0.5) is 10.1 Å². The van der Waals surface area contributed by atoms with Crippen LogP contribution < -0.4 is 14.4 Å². The molecule has 176 valence electrons. The number of sulfonamides is 1. The van der Waals surface area contributed by atoms with E-state index >= 15 is 0 Å². The average molecular weight is 463 g/mol. The molecular formula is C25H35FN2O3S. The van der Waals surface area contributed by atoms with Gasteiger partial charge in [-0.15, -0.1) is 0 Å². The van der Waals surface area contributed by atoms with Crippen molar-refractivity contribution in [3.8, 4) is 5.75 Å². The number of hydrogen-bond donors (Lipinski definition) is 1. The smallest absolute Gasteiger partial charge is 0.264 e. The van der Waals surface area contributed by atoms with E-state index in [0.717, 1.165) is 36.6 Å². The molecule has 2 aromatic carbocycles. The highest BCUT2D eigenvalue weighted by Gasteiger charge is 2.21. The van der Waals surface area contributed by atoms with Crippen molar-refractivity contribution in [2.45, 2.75) is 56.3 Å². The number of rotatable bonds is 11. The summed E-state index contributed by atoms with van der Waals surface area (Å²) in [7, 11) is -2.25. The van der Waals surface area contributed by atoms with Gasteiger partial charge in [0.05, 0.1) is 17.2 Å². The summed E-state index contributed by atoms with van der Waals surface area (Å²) < 4.78 is 45.5. The van der Waals surface area contributed by atoms with E-state index < -0.39 is 15.8 Å². The first-order valence-corrected chi connectivity index (χ1v) is 13.1. The van der Waals surface area contributed by atoms with Gasteiger partial charge in [0.15, 0.2) is 0 Å². The summed E-state index contributed by atoms with van der Waals surface area (Å²) in [6.07, 6.45) is 10.1. The molecule has 0 aromatic heterocycles. The molecule has 0 saturated carbocycles. The number of nitrogens with one attached hydrogen (secondary N) is 1. The number of unbranched alkanes of at least 4 members (excludes halogenated alkanes) is 3. The third-order valence-electron chi connectivity index (χ3n) is 6.10. The summed E-state index contributed by atoms with van der Waals surface area (Å²) in [5, 5.41) is 3.54. The predicted octanol–water partition coefficient (Wildman–Crippen LogP) is 5.37. The van der Waals surface area contributed by atoms with Crippen LogP contribution in [0.1, 0.15) is 51.4 Å². The molecule has 0 spiro atoms. The summed E-state index contributed by atoms with van der Waals surface area (Å²) in [6, 6.07) is 11.8. The van der Waals surface area contributed by atoms with Crippen molar-refractivity contribution in [3.05, 3.63) is 54.3 Å². The Labute approximate surface area is 192 Å². The fraction of sp³-hybridized carbons (Fsp3) is 0.520. The van der Waals surface area contributed by atoms with Gasteiger partial charge in [-0.05, 0) is 93.2 Å². The molecule has 32 heavy (non-hydrogen) atoms. The summed E-state index contributed by atoms with van der Waals surface area (Å²) in [5.74, 6) is 1.10. The molecule has 7 heteroatoms. The maximum absolute atomic E-state index is 13.1. The van der Waals surface area contributed by atoms with Gasteiger partial charge in [-0.2, -0.15) is 0 Å². The van der Waals surface area contributed by atoms with Gasteiger partial charge in [-0.1, -0.05) is 25.7 Å². The highest BCUT2D eigenvalue weighted by Crippen LogP contribution is 2.25. The number of benzene rings is 2. The van der Waals surface area contributed by atoms with Crippen LogP contribution in [0, 0.1) is 11.7 Å². The van der Waals surface area contributed by atoms with E-state index in [2.05, 4.69) is 5.32 Å². The molecule has 1 fully saturated rings. The van der Waals surface area contributed by atoms with Crippen LogP contribution in [0.25, 0.3) is 0 Å². The molecule has 0 bridgehead atoms. The SMILES string of the molecule is CN(c1ccc(OCCCCCCC2CCCCNC2)cc1)S(=O)(=O)c1ccc(F)cc1. The monoisotopic (exact) mass is 462 g/mol. The topological polar surface area (TPSA) is 58.6 Å². The van der Waals surface area contributed by atoms with Crippen LogP contribution in [0.15, 0.2) is 53.4 Å². The molecule has 0 radical (unpaired) electrons. The average Bonchev–Trinajstić information content (AvgIpc) is 3.07. The van der Waals surface area contributed by atoms with E-state index in [4.69, 9.17) is 4.74 Å². The first-order chi connectivity index (χ1) is 15.5. The van der Waals surface area contributed by atoms with Crippen molar-refractivity contribution < 1.29 is 17.5 Å². The summed E-state index contributed by atoms with van der Waals surface area (Å²) in [6.45, 7) is 3.02. The van der Waals surface area contributed by atoms with Crippen molar-refractivity contribution in [2.24, 2.45) is 5.92 Å². The third kappa shape index (κ3) is 7.20. The van der Waals surface area contributed by atoms with Gasteiger partial charge < -0.3 is 10.1 Å². The van der Waals surface area contributed by atoms with Crippen LogP contribution in [0.3, 0.4) is 0 Å². The Balaban J connectivity index is 1.37. The van der Waals surface area contributed by atoms with Gasteiger partial charge in [0.25, 0.3) is 10.0 Å². The molecule has 0 amide bonds. The van der Waals surface area contributed by atoms with Gasteiger partial charge in [-0.25, -0.2) is 12.8 Å². The van der Waals surface area contributed by atoms with Crippen LogP contribution in [0.5, 0.6) is 5.75 Å². The summed E-state index contributed by atoms with van der Waals surface area (Å²) in [4.78, 5) is 0.0528. The van der Waals surface area contributed by atoms with E-state index in [1.807, 2.05) is 0 Å². The fourth-order valence-electron chi connectivity index (χ4n) is 4.07. The van der Waals surface area contributed by atoms with Gasteiger partial charge in [0.2, 0.25) is 0 Å². The van der Waals surface area contributed by atoms with E-state index in [1.54, 1.807) is 24.3 Å². The summed E-state index contributed by atoms with van der Waals surface area (Å²) >= 11 is 0. The standard InChI is InChI=1S/C25H35FN2O3S/c1-28(32(29,30)25-16-10-22(26)11-17-25)23-12-14-24(15-13-23)31-19-7-3-2-4-8-21-9-5-6-18-27-20-21/h10-17,21,27H,2-9,18-20H2,1H3. The molecular weight excluding hydrogens is 427 g/mol. The minimum atomic E-state index is -3.74. The van der Waals surface area contributed by atoms with Crippen LogP contribution >= 0.6 is 0 Å². The van der Waals surface area contributed by atoms with Gasteiger partial charge in [-0.3, -0.25) is 4.31 Å². The number of halogens is 1. The highest BCUT2D eigenvalue weighted by atomic mass is 32.2. The van der Waals surface area contributed by atoms with E-state index in [0.29, 0.717) is 12.3 Å². The molecule has 1 aliphatic rings. The van der Waals surface area contributed by atoms with E-state index in [1.165, 1.54) is 75.1 Å². The normalized spacial score (nSPS) is 17.0. The molecule has 2 aromatic rings. The maximum Gasteiger partial charge on any atom is 0.264 e. The van der Waals surface area contributed by atoms with E-state index in [-0.39, 0.29) is 4.90 Å². The molecule has 1 aliphatic heterocycles. The second-order valence-electron chi connectivity index (χ2n) is 8.54. The molecule has 1 atom stereocenters. The van der Waals surface area contributed by atoms with Gasteiger partial charge in [0, 0.05) is 7.05 Å². The Hall–Kier alpha value is -2.12. The number of hydrogen-bond acceptors (Lipinski definition) is 4. The number of nitrogens with zero attached hydrogens (tertiary/aromatic N) is 1. The fourth-order valence-corrected chi connectivity index (χ4v) is 5.27. The van der Waals surface area contributed by atoms with Crippen molar-refractivity contribution in [1.29, 1.82) is 0 Å². The Morgan fingerprint density at radius 1 is 1.00 bits per heavy atom. The number of ether oxygens (including phenoxy) is 1. The zero-order valence-electron chi connectivity index (χ0n) is 18.9. The molecule has 5 nitrogen and oxygen atoms in total. The minimum Gasteiger partial charge on any atom is -0.494 e. The zero-order chi connectivity index (χ0) is 22.8. The molecule has 1 N–H and O–H groups in total. The first kappa shape index (κ1) is 24.5. The lowest BCUT2D eigenvalue weighted by molar-refractivity contribution is 0.303. The zero-order valence-corrected chi connectivity index (χ0v) is 19.7. The van der Waals surface area contributed by atoms with Crippen molar-refractivity contribution >= 4 is 15.7 Å². The third-order valence-corrected chi connectivity index (χ3v) is 7.90. The van der Waals surface area contributed by atoms with Gasteiger partial charge in [0.1, 0.15) is 11.6 Å². The maximum atomic E-state index is 13.1. The first-order valence-electron chi connectivity index (χ1n) is 11.6. The van der Waals surface area contributed by atoms with Gasteiger partial charge >= 0.3 is 0 Å². The Kier molecular flexibility index (Phi) is 9.36. The quantitative estimate of drug-likeness (QED) is 0.456. The number of anilines is 1. The lowest BCUT2D eigenvalue weighted by Gasteiger charge is -2.20. The molecule has 3 rings (SSSR count). The van der Waals surface area contributed by atoms with Crippen molar-refractivity contribution in [2.75, 3.05) is 31.0 Å². The molecule has 0 aliphatic carbocycles. The summed E-state index contributed by atoms with van der Waals surface area (Å²) in [5.41, 5.74) is 0.523. The molecule has 1 saturated heterocycles. The second kappa shape index (κ2) is 12.2. The Morgan fingerprint density at radius 2 is 1.72 bits per heavy atom. The minimum absolute atomic E-state index is 0.0528.